The SMILES string of the molecule is C[C@H]1Oc2ccc(NC(=O)c3ccc(F)cc3)cc2CN([C@H]2CCCc3ccccc32)C1=O. The number of carbonyl (C=O) groups is 2. The first kappa shape index (κ1) is 21.2. The Morgan fingerprint density at radius 2 is 1.85 bits per heavy atom. The number of hydrogen-bond donors (Lipinski definition) is 1. The van der Waals surface area contributed by atoms with Crippen molar-refractivity contribution in [1.29, 1.82) is 0 Å². The lowest BCUT2D eigenvalue weighted by Crippen LogP contribution is -2.41. The Hall–Kier alpha value is -3.67. The minimum atomic E-state index is -0.597. The number of fused-ring (bicyclic) bond motifs is 2. The zero-order valence-electron chi connectivity index (χ0n) is 18.4. The zero-order valence-corrected chi connectivity index (χ0v) is 18.4. The van der Waals surface area contributed by atoms with Gasteiger partial charge in [0.05, 0.1) is 12.6 Å². The highest BCUT2D eigenvalue weighted by molar-refractivity contribution is 6.04. The van der Waals surface area contributed by atoms with E-state index in [-0.39, 0.29) is 17.9 Å². The van der Waals surface area contributed by atoms with E-state index < -0.39 is 11.9 Å². The Morgan fingerprint density at radius 1 is 1.06 bits per heavy atom. The lowest BCUT2D eigenvalue weighted by molar-refractivity contribution is -0.140. The number of amides is 2. The molecule has 5 rings (SSSR count). The number of halogens is 1. The van der Waals surface area contributed by atoms with E-state index in [1.54, 1.807) is 19.1 Å². The van der Waals surface area contributed by atoms with E-state index in [0.717, 1.165) is 24.8 Å². The highest BCUT2D eigenvalue weighted by Gasteiger charge is 2.35. The number of rotatable bonds is 3. The largest absolute Gasteiger partial charge is 0.481 e. The summed E-state index contributed by atoms with van der Waals surface area (Å²) in [7, 11) is 0. The van der Waals surface area contributed by atoms with E-state index in [2.05, 4.69) is 17.4 Å². The number of hydrogen-bond acceptors (Lipinski definition) is 3. The van der Waals surface area contributed by atoms with Crippen LogP contribution in [0.25, 0.3) is 0 Å². The van der Waals surface area contributed by atoms with Gasteiger partial charge in [-0.25, -0.2) is 4.39 Å². The maximum Gasteiger partial charge on any atom is 0.264 e. The van der Waals surface area contributed by atoms with Crippen molar-refractivity contribution < 1.29 is 18.7 Å². The molecule has 168 valence electrons. The Balaban J connectivity index is 1.44. The monoisotopic (exact) mass is 444 g/mol. The van der Waals surface area contributed by atoms with Crippen LogP contribution in [0.15, 0.2) is 66.7 Å². The highest BCUT2D eigenvalue weighted by atomic mass is 19.1. The molecule has 0 fully saturated rings. The highest BCUT2D eigenvalue weighted by Crippen LogP contribution is 2.38. The van der Waals surface area contributed by atoms with Crippen molar-refractivity contribution in [2.75, 3.05) is 5.32 Å². The summed E-state index contributed by atoms with van der Waals surface area (Å²) in [5.74, 6) is -0.115. The molecule has 0 unspecified atom stereocenters. The van der Waals surface area contributed by atoms with E-state index in [0.29, 0.717) is 23.5 Å². The van der Waals surface area contributed by atoms with Crippen LogP contribution in [-0.4, -0.2) is 22.8 Å². The summed E-state index contributed by atoms with van der Waals surface area (Å²) in [4.78, 5) is 27.8. The van der Waals surface area contributed by atoms with Crippen molar-refractivity contribution in [3.05, 3.63) is 94.8 Å². The van der Waals surface area contributed by atoms with E-state index in [9.17, 15) is 14.0 Å². The van der Waals surface area contributed by atoms with E-state index in [4.69, 9.17) is 4.74 Å². The first-order valence-electron chi connectivity index (χ1n) is 11.2. The van der Waals surface area contributed by atoms with Gasteiger partial charge in [-0.15, -0.1) is 0 Å². The molecule has 0 spiro atoms. The van der Waals surface area contributed by atoms with Gasteiger partial charge in [-0.1, -0.05) is 24.3 Å². The molecule has 5 nitrogen and oxygen atoms in total. The standard InChI is InChI=1S/C27H25FN2O3/c1-17-27(32)30(24-8-4-6-18-5-2-3-7-23(18)24)16-20-15-22(13-14-25(20)33-17)29-26(31)19-9-11-21(28)12-10-19/h2-3,5,7,9-15,17,24H,4,6,8,16H2,1H3,(H,29,31)/t17-,24+/m1/s1. The lowest BCUT2D eigenvalue weighted by Gasteiger charge is -2.35. The summed E-state index contributed by atoms with van der Waals surface area (Å²) in [5, 5.41) is 2.86. The summed E-state index contributed by atoms with van der Waals surface area (Å²) < 4.78 is 19.2. The Kier molecular flexibility index (Phi) is 5.58. The summed E-state index contributed by atoms with van der Waals surface area (Å²) in [6.45, 7) is 2.18. The predicted molar refractivity (Wildman–Crippen MR) is 124 cm³/mol. The van der Waals surface area contributed by atoms with Gasteiger partial charge in [-0.05, 0) is 79.8 Å². The van der Waals surface area contributed by atoms with E-state index >= 15 is 0 Å². The summed E-state index contributed by atoms with van der Waals surface area (Å²) in [5.41, 5.74) is 4.30. The zero-order chi connectivity index (χ0) is 22.9. The molecule has 1 aliphatic carbocycles. The number of aryl methyl sites for hydroxylation is 1. The number of nitrogens with one attached hydrogen (secondary N) is 1. The van der Waals surface area contributed by atoms with Crippen LogP contribution in [0.4, 0.5) is 10.1 Å². The maximum atomic E-state index is 13.3. The molecule has 33 heavy (non-hydrogen) atoms. The second-order valence-corrected chi connectivity index (χ2v) is 8.62. The third kappa shape index (κ3) is 4.21. The topological polar surface area (TPSA) is 58.6 Å². The van der Waals surface area contributed by atoms with E-state index in [1.165, 1.54) is 35.4 Å². The smallest absolute Gasteiger partial charge is 0.264 e. The van der Waals surface area contributed by atoms with Crippen LogP contribution in [0, 0.1) is 5.82 Å². The molecule has 0 bridgehead atoms. The normalized spacial score (nSPS) is 19.7. The molecule has 0 aromatic heterocycles. The lowest BCUT2D eigenvalue weighted by atomic mass is 9.86. The van der Waals surface area contributed by atoms with Crippen molar-refractivity contribution in [2.24, 2.45) is 0 Å². The van der Waals surface area contributed by atoms with Gasteiger partial charge in [-0.2, -0.15) is 0 Å². The number of carbonyl (C=O) groups excluding carboxylic acids is 2. The predicted octanol–water partition coefficient (Wildman–Crippen LogP) is 5.27. The van der Waals surface area contributed by atoms with Crippen molar-refractivity contribution in [1.82, 2.24) is 4.90 Å². The van der Waals surface area contributed by atoms with E-state index in [1.807, 2.05) is 23.1 Å². The van der Waals surface area contributed by atoms with Gasteiger partial charge in [0.2, 0.25) is 0 Å². The Labute approximate surface area is 192 Å². The molecular formula is C27H25FN2O3. The van der Waals surface area contributed by atoms with Crippen molar-refractivity contribution in [2.45, 2.75) is 44.9 Å². The van der Waals surface area contributed by atoms with Crippen LogP contribution < -0.4 is 10.1 Å². The van der Waals surface area contributed by atoms with Gasteiger partial charge in [0.25, 0.3) is 11.8 Å². The molecule has 3 aromatic carbocycles. The number of anilines is 1. The second-order valence-electron chi connectivity index (χ2n) is 8.62. The van der Waals surface area contributed by atoms with Crippen LogP contribution in [0.5, 0.6) is 5.75 Å². The molecule has 2 atom stereocenters. The molecule has 0 saturated heterocycles. The maximum absolute atomic E-state index is 13.3. The summed E-state index contributed by atoms with van der Waals surface area (Å²) in [6.07, 6.45) is 2.37. The molecule has 1 heterocycles. The first-order valence-corrected chi connectivity index (χ1v) is 11.2. The second kappa shape index (κ2) is 8.70. The van der Waals surface area contributed by atoms with Crippen molar-refractivity contribution in [3.8, 4) is 5.75 Å². The first-order chi connectivity index (χ1) is 16.0. The Morgan fingerprint density at radius 3 is 2.67 bits per heavy atom. The van der Waals surface area contributed by atoms with Crippen LogP contribution in [0.2, 0.25) is 0 Å². The summed E-state index contributed by atoms with van der Waals surface area (Å²) in [6, 6.07) is 19.1. The number of ether oxygens (including phenoxy) is 1. The van der Waals surface area contributed by atoms with Gasteiger partial charge in [0, 0.05) is 16.8 Å². The summed E-state index contributed by atoms with van der Waals surface area (Å²) >= 11 is 0. The minimum absolute atomic E-state index is 0.00286. The van der Waals surface area contributed by atoms with Gasteiger partial charge >= 0.3 is 0 Å². The molecular weight excluding hydrogens is 419 g/mol. The molecule has 2 aliphatic rings. The number of nitrogens with zero attached hydrogens (tertiary/aromatic N) is 1. The Bertz CT molecular complexity index is 1210. The number of benzene rings is 3. The van der Waals surface area contributed by atoms with Gasteiger partial charge < -0.3 is 15.0 Å². The molecule has 1 N–H and O–H groups in total. The molecule has 0 saturated carbocycles. The quantitative estimate of drug-likeness (QED) is 0.599. The average molecular weight is 445 g/mol. The molecule has 0 radical (unpaired) electrons. The van der Waals surface area contributed by atoms with Crippen molar-refractivity contribution >= 4 is 17.5 Å². The van der Waals surface area contributed by atoms with Gasteiger partial charge in [0.15, 0.2) is 6.10 Å². The van der Waals surface area contributed by atoms with Gasteiger partial charge in [-0.3, -0.25) is 9.59 Å². The van der Waals surface area contributed by atoms with Crippen LogP contribution in [0.3, 0.4) is 0 Å². The fraction of sp³-hybridized carbons (Fsp3) is 0.259. The van der Waals surface area contributed by atoms with Crippen molar-refractivity contribution in [3.63, 3.8) is 0 Å². The third-order valence-electron chi connectivity index (χ3n) is 6.41. The molecule has 3 aromatic rings. The van der Waals surface area contributed by atoms with Crippen LogP contribution in [0.1, 0.15) is 52.9 Å². The molecule has 6 heteroatoms. The fourth-order valence-electron chi connectivity index (χ4n) is 4.75. The molecule has 2 amide bonds. The third-order valence-corrected chi connectivity index (χ3v) is 6.41. The van der Waals surface area contributed by atoms with Gasteiger partial charge in [0.1, 0.15) is 11.6 Å². The molecule has 1 aliphatic heterocycles. The fourth-order valence-corrected chi connectivity index (χ4v) is 4.75. The minimum Gasteiger partial charge on any atom is -0.481 e. The average Bonchev–Trinajstić information content (AvgIpc) is 2.95. The van der Waals surface area contributed by atoms with Crippen LogP contribution >= 0.6 is 0 Å². The van der Waals surface area contributed by atoms with Crippen LogP contribution in [-0.2, 0) is 17.8 Å².